The largest absolute Gasteiger partial charge is 0.480 e. The molecule has 1 aromatic heterocycles. The van der Waals surface area contributed by atoms with Crippen LogP contribution < -0.4 is 5.32 Å². The van der Waals surface area contributed by atoms with Gasteiger partial charge in [0.15, 0.2) is 0 Å². The Labute approximate surface area is 94.1 Å². The Balaban J connectivity index is 1.93. The van der Waals surface area contributed by atoms with Gasteiger partial charge in [0, 0.05) is 38.6 Å². The van der Waals surface area contributed by atoms with Crippen LogP contribution in [0.25, 0.3) is 0 Å². The summed E-state index contributed by atoms with van der Waals surface area (Å²) < 4.78 is 0. The lowest BCUT2D eigenvalue weighted by molar-refractivity contribution is -0.140. The molecule has 0 radical (unpaired) electrons. The van der Waals surface area contributed by atoms with Gasteiger partial charge in [-0.3, -0.25) is 14.7 Å². The molecule has 2 heterocycles. The highest BCUT2D eigenvalue weighted by molar-refractivity contribution is 5.73. The Morgan fingerprint density at radius 1 is 1.69 bits per heavy atom. The molecular formula is C11H15N3O2. The lowest BCUT2D eigenvalue weighted by Gasteiger charge is -2.31. The van der Waals surface area contributed by atoms with E-state index in [9.17, 15) is 4.79 Å². The van der Waals surface area contributed by atoms with Gasteiger partial charge in [0.1, 0.15) is 6.04 Å². The van der Waals surface area contributed by atoms with Crippen molar-refractivity contribution in [3.05, 3.63) is 30.1 Å². The normalized spacial score (nSPS) is 21.9. The van der Waals surface area contributed by atoms with Gasteiger partial charge in [-0.2, -0.15) is 0 Å². The van der Waals surface area contributed by atoms with Gasteiger partial charge in [-0.25, -0.2) is 0 Å². The zero-order valence-corrected chi connectivity index (χ0v) is 8.97. The lowest BCUT2D eigenvalue weighted by atomic mass is 10.2. The van der Waals surface area contributed by atoms with Gasteiger partial charge in [-0.1, -0.05) is 6.07 Å². The van der Waals surface area contributed by atoms with E-state index in [0.717, 1.165) is 25.2 Å². The average molecular weight is 221 g/mol. The monoisotopic (exact) mass is 221 g/mol. The minimum absolute atomic E-state index is 0.453. The summed E-state index contributed by atoms with van der Waals surface area (Å²) in [5.41, 5.74) is 1.12. The van der Waals surface area contributed by atoms with Crippen LogP contribution in [-0.2, 0) is 11.3 Å². The maximum absolute atomic E-state index is 10.9. The molecule has 1 saturated heterocycles. The first-order chi connectivity index (χ1) is 7.75. The fraction of sp³-hybridized carbons (Fsp3) is 0.455. The van der Waals surface area contributed by atoms with Gasteiger partial charge in [0.25, 0.3) is 0 Å². The molecule has 5 nitrogen and oxygen atoms in total. The number of aliphatic carboxylic acids is 1. The van der Waals surface area contributed by atoms with Crippen molar-refractivity contribution in [2.45, 2.75) is 12.6 Å². The standard InChI is InChI=1S/C11H15N3O2/c15-11(16)10-8-14(5-4-13-10)7-9-2-1-3-12-6-9/h1-3,6,10,13H,4-5,7-8H2,(H,15,16). The van der Waals surface area contributed by atoms with Crippen LogP contribution in [0.2, 0.25) is 0 Å². The molecule has 2 N–H and O–H groups in total. The first-order valence-electron chi connectivity index (χ1n) is 5.33. The minimum atomic E-state index is -0.782. The van der Waals surface area contributed by atoms with Crippen molar-refractivity contribution in [1.82, 2.24) is 15.2 Å². The third-order valence-corrected chi connectivity index (χ3v) is 2.69. The molecule has 0 aliphatic carbocycles. The molecule has 1 unspecified atom stereocenters. The van der Waals surface area contributed by atoms with Gasteiger partial charge in [-0.15, -0.1) is 0 Å². The number of nitrogens with zero attached hydrogens (tertiary/aromatic N) is 2. The van der Waals surface area contributed by atoms with E-state index in [4.69, 9.17) is 5.11 Å². The Bertz CT molecular complexity index is 356. The second-order valence-corrected chi connectivity index (χ2v) is 3.94. The number of hydrogen-bond acceptors (Lipinski definition) is 4. The predicted octanol–water partition coefficient (Wildman–Crippen LogP) is -0.0600. The molecule has 1 atom stereocenters. The number of carboxylic acid groups (broad SMARTS) is 1. The highest BCUT2D eigenvalue weighted by atomic mass is 16.4. The summed E-state index contributed by atoms with van der Waals surface area (Å²) in [6.07, 6.45) is 3.55. The zero-order chi connectivity index (χ0) is 11.4. The van der Waals surface area contributed by atoms with Crippen LogP contribution >= 0.6 is 0 Å². The maximum Gasteiger partial charge on any atom is 0.322 e. The average Bonchev–Trinajstić information content (AvgIpc) is 2.30. The molecule has 0 bridgehead atoms. The number of carboxylic acids is 1. The molecule has 1 aliphatic heterocycles. The van der Waals surface area contributed by atoms with Gasteiger partial charge >= 0.3 is 5.97 Å². The Kier molecular flexibility index (Phi) is 3.48. The van der Waals surface area contributed by atoms with Crippen molar-refractivity contribution in [3.63, 3.8) is 0 Å². The number of rotatable bonds is 3. The highest BCUT2D eigenvalue weighted by Crippen LogP contribution is 2.06. The number of nitrogens with one attached hydrogen (secondary N) is 1. The van der Waals surface area contributed by atoms with Crippen LogP contribution in [0.3, 0.4) is 0 Å². The molecule has 1 aromatic rings. The van der Waals surface area contributed by atoms with Crippen LogP contribution in [0.1, 0.15) is 5.56 Å². The smallest absolute Gasteiger partial charge is 0.322 e. The highest BCUT2D eigenvalue weighted by Gasteiger charge is 2.24. The van der Waals surface area contributed by atoms with Gasteiger partial charge in [0.2, 0.25) is 0 Å². The SMILES string of the molecule is O=C(O)C1CN(Cc2cccnc2)CCN1. The van der Waals surface area contributed by atoms with Crippen molar-refractivity contribution in [2.24, 2.45) is 0 Å². The van der Waals surface area contributed by atoms with E-state index in [1.807, 2.05) is 18.3 Å². The Morgan fingerprint density at radius 3 is 3.25 bits per heavy atom. The minimum Gasteiger partial charge on any atom is -0.480 e. The molecule has 2 rings (SSSR count). The van der Waals surface area contributed by atoms with E-state index in [1.54, 1.807) is 6.20 Å². The Morgan fingerprint density at radius 2 is 2.56 bits per heavy atom. The molecule has 0 saturated carbocycles. The molecule has 0 amide bonds. The van der Waals surface area contributed by atoms with E-state index in [0.29, 0.717) is 6.54 Å². The van der Waals surface area contributed by atoms with Crippen LogP contribution in [0.5, 0.6) is 0 Å². The first-order valence-corrected chi connectivity index (χ1v) is 5.33. The van der Waals surface area contributed by atoms with E-state index >= 15 is 0 Å². The number of pyridine rings is 1. The molecule has 0 aromatic carbocycles. The second-order valence-electron chi connectivity index (χ2n) is 3.94. The summed E-state index contributed by atoms with van der Waals surface area (Å²) in [7, 11) is 0. The molecule has 16 heavy (non-hydrogen) atoms. The van der Waals surface area contributed by atoms with Crippen LogP contribution in [0.15, 0.2) is 24.5 Å². The summed E-state index contributed by atoms with van der Waals surface area (Å²) in [5.74, 6) is -0.782. The third-order valence-electron chi connectivity index (χ3n) is 2.69. The topological polar surface area (TPSA) is 65.5 Å². The van der Waals surface area contributed by atoms with Crippen molar-refractivity contribution in [2.75, 3.05) is 19.6 Å². The number of piperazine rings is 1. The first kappa shape index (κ1) is 11.0. The Hall–Kier alpha value is -1.46. The van der Waals surface area contributed by atoms with Crippen molar-refractivity contribution in [3.8, 4) is 0 Å². The molecule has 5 heteroatoms. The molecule has 1 fully saturated rings. The van der Waals surface area contributed by atoms with Crippen molar-refractivity contribution in [1.29, 1.82) is 0 Å². The third kappa shape index (κ3) is 2.77. The number of hydrogen-bond donors (Lipinski definition) is 2. The van der Waals surface area contributed by atoms with Crippen molar-refractivity contribution >= 4 is 5.97 Å². The maximum atomic E-state index is 10.9. The fourth-order valence-corrected chi connectivity index (χ4v) is 1.87. The van der Waals surface area contributed by atoms with E-state index in [-0.39, 0.29) is 0 Å². The van der Waals surface area contributed by atoms with E-state index in [2.05, 4.69) is 15.2 Å². The number of aromatic nitrogens is 1. The quantitative estimate of drug-likeness (QED) is 0.748. The van der Waals surface area contributed by atoms with Crippen LogP contribution in [-0.4, -0.2) is 46.6 Å². The summed E-state index contributed by atoms with van der Waals surface area (Å²) in [6.45, 7) is 2.90. The molecule has 1 aliphatic rings. The molecule has 0 spiro atoms. The second kappa shape index (κ2) is 5.05. The summed E-state index contributed by atoms with van der Waals surface area (Å²) >= 11 is 0. The predicted molar refractivity (Wildman–Crippen MR) is 58.9 cm³/mol. The summed E-state index contributed by atoms with van der Waals surface area (Å²) in [6, 6.07) is 3.45. The van der Waals surface area contributed by atoms with Gasteiger partial charge in [0.05, 0.1) is 0 Å². The molecule has 86 valence electrons. The zero-order valence-electron chi connectivity index (χ0n) is 8.97. The van der Waals surface area contributed by atoms with Gasteiger partial charge in [-0.05, 0) is 11.6 Å². The number of carbonyl (C=O) groups is 1. The van der Waals surface area contributed by atoms with Crippen LogP contribution in [0.4, 0.5) is 0 Å². The summed E-state index contributed by atoms with van der Waals surface area (Å²) in [5, 5.41) is 11.9. The van der Waals surface area contributed by atoms with Gasteiger partial charge < -0.3 is 10.4 Å². The summed E-state index contributed by atoms with van der Waals surface area (Å²) in [4.78, 5) is 17.0. The van der Waals surface area contributed by atoms with Crippen molar-refractivity contribution < 1.29 is 9.90 Å². The lowest BCUT2D eigenvalue weighted by Crippen LogP contribution is -2.53. The van der Waals surface area contributed by atoms with Crippen LogP contribution in [0, 0.1) is 0 Å². The molecular weight excluding hydrogens is 206 g/mol. The van der Waals surface area contributed by atoms with E-state index < -0.39 is 12.0 Å². The van der Waals surface area contributed by atoms with E-state index in [1.165, 1.54) is 0 Å². The fourth-order valence-electron chi connectivity index (χ4n) is 1.87.